The van der Waals surface area contributed by atoms with Crippen molar-refractivity contribution in [2.75, 3.05) is 23.0 Å². The predicted molar refractivity (Wildman–Crippen MR) is 95.1 cm³/mol. The van der Waals surface area contributed by atoms with Crippen LogP contribution in [0.4, 0.5) is 5.69 Å². The summed E-state index contributed by atoms with van der Waals surface area (Å²) in [5.74, 6) is 0.449. The highest BCUT2D eigenvalue weighted by atomic mass is 32.2. The van der Waals surface area contributed by atoms with Crippen LogP contribution in [0.2, 0.25) is 0 Å². The van der Waals surface area contributed by atoms with Gasteiger partial charge in [-0.05, 0) is 43.9 Å². The number of aryl methyl sites for hydroxylation is 1. The number of sulfone groups is 1. The van der Waals surface area contributed by atoms with E-state index >= 15 is 0 Å². The van der Waals surface area contributed by atoms with E-state index in [9.17, 15) is 8.42 Å². The Morgan fingerprint density at radius 2 is 2.17 bits per heavy atom. The molecule has 128 valence electrons. The first-order valence-corrected chi connectivity index (χ1v) is 10.3. The summed E-state index contributed by atoms with van der Waals surface area (Å²) in [5.41, 5.74) is 4.73. The van der Waals surface area contributed by atoms with E-state index in [0.29, 0.717) is 6.42 Å². The summed E-state index contributed by atoms with van der Waals surface area (Å²) in [6.45, 7) is 5.95. The molecular weight excluding hydrogens is 322 g/mol. The molecule has 1 aromatic carbocycles. The van der Waals surface area contributed by atoms with Crippen molar-refractivity contribution in [3.63, 3.8) is 0 Å². The van der Waals surface area contributed by atoms with E-state index in [4.69, 9.17) is 0 Å². The Balaban J connectivity index is 1.54. The van der Waals surface area contributed by atoms with Crippen LogP contribution in [0.3, 0.4) is 0 Å². The summed E-state index contributed by atoms with van der Waals surface area (Å²) in [6.07, 6.45) is 5.63. The molecule has 0 bridgehead atoms. The molecule has 1 atom stereocenters. The minimum absolute atomic E-state index is 0.187. The third kappa shape index (κ3) is 2.73. The van der Waals surface area contributed by atoms with Gasteiger partial charge in [0.2, 0.25) is 0 Å². The Morgan fingerprint density at radius 1 is 1.33 bits per heavy atom. The van der Waals surface area contributed by atoms with Crippen LogP contribution in [-0.4, -0.2) is 36.2 Å². The maximum absolute atomic E-state index is 11.8. The summed E-state index contributed by atoms with van der Waals surface area (Å²) in [4.78, 5) is 2.39. The van der Waals surface area contributed by atoms with Crippen molar-refractivity contribution >= 4 is 15.5 Å². The zero-order valence-electron chi connectivity index (χ0n) is 14.2. The van der Waals surface area contributed by atoms with E-state index in [1.165, 1.54) is 16.8 Å². The number of hydrogen-bond donors (Lipinski definition) is 0. The predicted octanol–water partition coefficient (Wildman–Crippen LogP) is 2.29. The maximum Gasteiger partial charge on any atom is 0.152 e. The zero-order chi connectivity index (χ0) is 16.9. The summed E-state index contributed by atoms with van der Waals surface area (Å²) in [5, 5.41) is 4.48. The van der Waals surface area contributed by atoms with E-state index in [1.54, 1.807) is 0 Å². The first kappa shape index (κ1) is 15.7. The molecular formula is C18H23N3O2S. The number of fused-ring (bicyclic) bond motifs is 1. The molecule has 0 saturated carbocycles. The van der Waals surface area contributed by atoms with Crippen LogP contribution in [0.5, 0.6) is 0 Å². The normalized spacial score (nSPS) is 25.2. The SMILES string of the molecule is Cc1ccc2c(c1)N(Cc1cnn([C@]3(C)CCS(=O)(=O)C3)c1)CC2. The molecule has 0 unspecified atom stereocenters. The number of aromatic nitrogens is 2. The van der Waals surface area contributed by atoms with Gasteiger partial charge in [-0.2, -0.15) is 5.10 Å². The second kappa shape index (κ2) is 5.34. The molecule has 2 aliphatic rings. The van der Waals surface area contributed by atoms with Gasteiger partial charge in [0, 0.05) is 30.5 Å². The van der Waals surface area contributed by atoms with Gasteiger partial charge in [0.1, 0.15) is 0 Å². The minimum atomic E-state index is -2.93. The molecule has 1 fully saturated rings. The third-order valence-electron chi connectivity index (χ3n) is 5.28. The van der Waals surface area contributed by atoms with Crippen molar-refractivity contribution in [2.45, 2.75) is 38.8 Å². The minimum Gasteiger partial charge on any atom is -0.367 e. The van der Waals surface area contributed by atoms with E-state index < -0.39 is 15.4 Å². The molecule has 24 heavy (non-hydrogen) atoms. The summed E-state index contributed by atoms with van der Waals surface area (Å²) < 4.78 is 25.5. The largest absolute Gasteiger partial charge is 0.367 e. The molecule has 2 aromatic rings. The molecule has 6 heteroatoms. The monoisotopic (exact) mass is 345 g/mol. The first-order valence-electron chi connectivity index (χ1n) is 8.44. The number of nitrogens with zero attached hydrogens (tertiary/aromatic N) is 3. The zero-order valence-corrected chi connectivity index (χ0v) is 15.0. The van der Waals surface area contributed by atoms with Crippen LogP contribution < -0.4 is 4.90 Å². The molecule has 4 rings (SSSR count). The fourth-order valence-corrected chi connectivity index (χ4v) is 5.97. The van der Waals surface area contributed by atoms with Crippen LogP contribution in [0.25, 0.3) is 0 Å². The lowest BCUT2D eigenvalue weighted by molar-refractivity contribution is 0.328. The summed E-state index contributed by atoms with van der Waals surface area (Å²) in [6, 6.07) is 6.64. The van der Waals surface area contributed by atoms with Crippen LogP contribution in [0, 0.1) is 6.92 Å². The van der Waals surface area contributed by atoms with Gasteiger partial charge in [0.05, 0.1) is 23.2 Å². The topological polar surface area (TPSA) is 55.2 Å². The standard InChI is InChI=1S/C18H23N3O2S/c1-14-3-4-16-5-7-20(17(16)9-14)11-15-10-19-21(12-15)18(2)6-8-24(22,23)13-18/h3-4,9-10,12H,5-8,11,13H2,1-2H3/t18-/m1/s1. The Labute approximate surface area is 143 Å². The van der Waals surface area contributed by atoms with Gasteiger partial charge in [0.15, 0.2) is 9.84 Å². The van der Waals surface area contributed by atoms with E-state index in [-0.39, 0.29) is 11.5 Å². The molecule has 3 heterocycles. The van der Waals surface area contributed by atoms with Gasteiger partial charge in [-0.3, -0.25) is 4.68 Å². The molecule has 2 aliphatic heterocycles. The van der Waals surface area contributed by atoms with Crippen molar-refractivity contribution < 1.29 is 8.42 Å². The lowest BCUT2D eigenvalue weighted by Gasteiger charge is -2.23. The fourth-order valence-electron chi connectivity index (χ4n) is 3.85. The lowest BCUT2D eigenvalue weighted by atomic mass is 10.0. The Bertz CT molecular complexity index is 887. The van der Waals surface area contributed by atoms with Crippen molar-refractivity contribution in [1.29, 1.82) is 0 Å². The Morgan fingerprint density at radius 3 is 2.92 bits per heavy atom. The maximum atomic E-state index is 11.8. The van der Waals surface area contributed by atoms with Gasteiger partial charge in [-0.15, -0.1) is 0 Å². The van der Waals surface area contributed by atoms with E-state index in [0.717, 1.165) is 25.1 Å². The van der Waals surface area contributed by atoms with Crippen molar-refractivity contribution in [3.05, 3.63) is 47.3 Å². The fraction of sp³-hybridized carbons (Fsp3) is 0.500. The molecule has 0 aliphatic carbocycles. The third-order valence-corrected chi connectivity index (χ3v) is 7.17. The van der Waals surface area contributed by atoms with Gasteiger partial charge in [-0.25, -0.2) is 8.42 Å². The van der Waals surface area contributed by atoms with Crippen molar-refractivity contribution in [2.24, 2.45) is 0 Å². The molecule has 0 radical (unpaired) electrons. The van der Waals surface area contributed by atoms with Crippen LogP contribution in [0.1, 0.15) is 30.0 Å². The number of hydrogen-bond acceptors (Lipinski definition) is 4. The summed E-state index contributed by atoms with van der Waals surface area (Å²) in [7, 11) is -2.93. The smallest absolute Gasteiger partial charge is 0.152 e. The molecule has 0 amide bonds. The van der Waals surface area contributed by atoms with Crippen LogP contribution in [0.15, 0.2) is 30.6 Å². The van der Waals surface area contributed by atoms with E-state index in [1.807, 2.05) is 24.0 Å². The van der Waals surface area contributed by atoms with Gasteiger partial charge >= 0.3 is 0 Å². The van der Waals surface area contributed by atoms with Crippen molar-refractivity contribution in [1.82, 2.24) is 9.78 Å². The van der Waals surface area contributed by atoms with Gasteiger partial charge < -0.3 is 4.90 Å². The average Bonchev–Trinajstić information content (AvgIpc) is 3.19. The van der Waals surface area contributed by atoms with Crippen LogP contribution in [-0.2, 0) is 28.3 Å². The number of benzene rings is 1. The highest BCUT2D eigenvalue weighted by Gasteiger charge is 2.40. The first-order chi connectivity index (χ1) is 11.3. The van der Waals surface area contributed by atoms with Gasteiger partial charge in [0.25, 0.3) is 0 Å². The average molecular weight is 345 g/mol. The Hall–Kier alpha value is -1.82. The Kier molecular flexibility index (Phi) is 3.49. The molecule has 1 saturated heterocycles. The van der Waals surface area contributed by atoms with E-state index in [2.05, 4.69) is 35.1 Å². The van der Waals surface area contributed by atoms with Crippen molar-refractivity contribution in [3.8, 4) is 0 Å². The summed E-state index contributed by atoms with van der Waals surface area (Å²) >= 11 is 0. The second-order valence-corrected chi connectivity index (χ2v) is 9.62. The highest BCUT2D eigenvalue weighted by molar-refractivity contribution is 7.91. The second-order valence-electron chi connectivity index (χ2n) is 7.44. The quantitative estimate of drug-likeness (QED) is 0.856. The van der Waals surface area contributed by atoms with Gasteiger partial charge in [-0.1, -0.05) is 12.1 Å². The number of rotatable bonds is 3. The highest BCUT2D eigenvalue weighted by Crippen LogP contribution is 2.32. The molecule has 1 aromatic heterocycles. The number of anilines is 1. The molecule has 0 N–H and O–H groups in total. The molecule has 0 spiro atoms. The lowest BCUT2D eigenvalue weighted by Crippen LogP contribution is -2.31. The van der Waals surface area contributed by atoms with Crippen LogP contribution >= 0.6 is 0 Å². The molecule has 5 nitrogen and oxygen atoms in total.